The van der Waals surface area contributed by atoms with Gasteiger partial charge in [0.2, 0.25) is 0 Å². The minimum atomic E-state index is 0. The first-order valence-electron chi connectivity index (χ1n) is 2.80. The molecule has 2 unspecified atom stereocenters. The van der Waals surface area contributed by atoms with Crippen molar-refractivity contribution < 1.29 is 0 Å². The van der Waals surface area contributed by atoms with E-state index in [1.807, 2.05) is 0 Å². The molecule has 7 heavy (non-hydrogen) atoms. The van der Waals surface area contributed by atoms with Gasteiger partial charge >= 0.3 is 0 Å². The summed E-state index contributed by atoms with van der Waals surface area (Å²) in [5.41, 5.74) is 0. The van der Waals surface area contributed by atoms with Crippen LogP contribution in [0.5, 0.6) is 0 Å². The van der Waals surface area contributed by atoms with Crippen LogP contribution in [0.25, 0.3) is 0 Å². The summed E-state index contributed by atoms with van der Waals surface area (Å²) in [5, 5.41) is 0. The van der Waals surface area contributed by atoms with E-state index >= 15 is 0 Å². The lowest BCUT2D eigenvalue weighted by Gasteiger charge is -2.29. The van der Waals surface area contributed by atoms with Crippen molar-refractivity contribution in [1.82, 2.24) is 6.15 Å². The van der Waals surface area contributed by atoms with E-state index in [2.05, 4.69) is 13.8 Å². The van der Waals surface area contributed by atoms with Crippen molar-refractivity contribution >= 4 is 0 Å². The second kappa shape index (κ2) is 2.31. The lowest BCUT2D eigenvalue weighted by Crippen LogP contribution is -2.18. The fourth-order valence-corrected chi connectivity index (χ4v) is 0.833. The van der Waals surface area contributed by atoms with Crippen LogP contribution in [0.3, 0.4) is 0 Å². The number of hydrogen-bond donors (Lipinski definition) is 1. The fourth-order valence-electron chi connectivity index (χ4n) is 0.833. The van der Waals surface area contributed by atoms with Crippen LogP contribution in [0.15, 0.2) is 0 Å². The quantitative estimate of drug-likeness (QED) is 0.499. The van der Waals surface area contributed by atoms with Crippen molar-refractivity contribution in [3.63, 3.8) is 0 Å². The Kier molecular flexibility index (Phi) is 2.30. The van der Waals surface area contributed by atoms with Crippen molar-refractivity contribution in [2.24, 2.45) is 11.8 Å². The molecule has 0 spiro atoms. The average Bonchev–Trinajstić information content (AvgIpc) is 1.61. The Balaban J connectivity index is 0.000000360. The van der Waals surface area contributed by atoms with Crippen LogP contribution in [0.1, 0.15) is 26.7 Å². The molecule has 2 atom stereocenters. The van der Waals surface area contributed by atoms with Gasteiger partial charge in [0.1, 0.15) is 0 Å². The lowest BCUT2D eigenvalue weighted by atomic mass is 9.77. The SMILES string of the molecule is CC1CCC1C.N. The van der Waals surface area contributed by atoms with Gasteiger partial charge in [0.15, 0.2) is 0 Å². The highest BCUT2D eigenvalue weighted by Crippen LogP contribution is 2.32. The third kappa shape index (κ3) is 1.16. The second-order valence-corrected chi connectivity index (χ2v) is 2.53. The molecule has 0 saturated heterocycles. The van der Waals surface area contributed by atoms with Crippen molar-refractivity contribution in [2.75, 3.05) is 0 Å². The first-order chi connectivity index (χ1) is 2.80. The van der Waals surface area contributed by atoms with Crippen molar-refractivity contribution in [2.45, 2.75) is 26.7 Å². The Hall–Kier alpha value is -0.0400. The highest BCUT2D eigenvalue weighted by molar-refractivity contribution is 4.71. The van der Waals surface area contributed by atoms with Crippen molar-refractivity contribution in [1.29, 1.82) is 0 Å². The van der Waals surface area contributed by atoms with Gasteiger partial charge in [-0.05, 0) is 11.8 Å². The average molecular weight is 101 g/mol. The van der Waals surface area contributed by atoms with Gasteiger partial charge in [0.05, 0.1) is 0 Å². The zero-order valence-corrected chi connectivity index (χ0v) is 5.28. The predicted octanol–water partition coefficient (Wildman–Crippen LogP) is 2.21. The third-order valence-electron chi connectivity index (χ3n) is 2.05. The summed E-state index contributed by atoms with van der Waals surface area (Å²) in [6.07, 6.45) is 2.95. The molecule has 0 aromatic carbocycles. The van der Waals surface area contributed by atoms with Crippen molar-refractivity contribution in [3.05, 3.63) is 0 Å². The van der Waals surface area contributed by atoms with Crippen LogP contribution >= 0.6 is 0 Å². The zero-order chi connectivity index (χ0) is 4.57. The Morgan fingerprint density at radius 3 is 1.29 bits per heavy atom. The summed E-state index contributed by atoms with van der Waals surface area (Å²) in [4.78, 5) is 0. The zero-order valence-electron chi connectivity index (χ0n) is 5.28. The topological polar surface area (TPSA) is 35.0 Å². The molecule has 44 valence electrons. The van der Waals surface area contributed by atoms with E-state index in [0.717, 1.165) is 11.8 Å². The van der Waals surface area contributed by atoms with Gasteiger partial charge in [0, 0.05) is 0 Å². The Morgan fingerprint density at radius 2 is 1.29 bits per heavy atom. The molecular formula is C6H15N. The molecule has 3 N–H and O–H groups in total. The predicted molar refractivity (Wildman–Crippen MR) is 32.6 cm³/mol. The smallest absolute Gasteiger partial charge is 0.0417 e. The Morgan fingerprint density at radius 1 is 1.00 bits per heavy atom. The van der Waals surface area contributed by atoms with E-state index in [-0.39, 0.29) is 6.15 Å². The molecule has 0 radical (unpaired) electrons. The molecule has 0 bridgehead atoms. The van der Waals surface area contributed by atoms with Gasteiger partial charge in [0.25, 0.3) is 0 Å². The van der Waals surface area contributed by atoms with Crippen molar-refractivity contribution in [3.8, 4) is 0 Å². The first-order valence-corrected chi connectivity index (χ1v) is 2.80. The molecule has 0 heterocycles. The Bertz CT molecular complexity index is 44.1. The minimum absolute atomic E-state index is 0. The van der Waals surface area contributed by atoms with Gasteiger partial charge in [-0.25, -0.2) is 0 Å². The summed E-state index contributed by atoms with van der Waals surface area (Å²) >= 11 is 0. The maximum Gasteiger partial charge on any atom is -0.0417 e. The van der Waals surface area contributed by atoms with E-state index in [4.69, 9.17) is 0 Å². The maximum absolute atomic E-state index is 2.33. The second-order valence-electron chi connectivity index (χ2n) is 2.53. The van der Waals surface area contributed by atoms with Gasteiger partial charge < -0.3 is 6.15 Å². The van der Waals surface area contributed by atoms with E-state index < -0.39 is 0 Å². The summed E-state index contributed by atoms with van der Waals surface area (Å²) < 4.78 is 0. The van der Waals surface area contributed by atoms with Gasteiger partial charge in [-0.3, -0.25) is 0 Å². The fraction of sp³-hybridized carbons (Fsp3) is 1.00. The molecule has 1 heteroatoms. The van der Waals surface area contributed by atoms with E-state index in [0.29, 0.717) is 0 Å². The van der Waals surface area contributed by atoms with Gasteiger partial charge in [-0.2, -0.15) is 0 Å². The largest absolute Gasteiger partial charge is 0.344 e. The molecule has 1 aliphatic rings. The number of rotatable bonds is 0. The third-order valence-corrected chi connectivity index (χ3v) is 2.05. The molecule has 1 rings (SSSR count). The molecule has 0 aromatic heterocycles. The molecule has 1 saturated carbocycles. The van der Waals surface area contributed by atoms with Gasteiger partial charge in [-0.1, -0.05) is 26.7 Å². The maximum atomic E-state index is 2.33. The van der Waals surface area contributed by atoms with E-state index in [1.54, 1.807) is 0 Å². The van der Waals surface area contributed by atoms with Crippen LogP contribution < -0.4 is 6.15 Å². The molecule has 0 amide bonds. The van der Waals surface area contributed by atoms with E-state index in [1.165, 1.54) is 12.8 Å². The first kappa shape index (κ1) is 6.96. The van der Waals surface area contributed by atoms with E-state index in [9.17, 15) is 0 Å². The van der Waals surface area contributed by atoms with Crippen LogP contribution in [0, 0.1) is 11.8 Å². The summed E-state index contributed by atoms with van der Waals surface area (Å²) in [6.45, 7) is 4.66. The minimum Gasteiger partial charge on any atom is -0.344 e. The molecule has 0 aliphatic heterocycles. The molecule has 1 nitrogen and oxygen atoms in total. The Labute approximate surface area is 45.7 Å². The lowest BCUT2D eigenvalue weighted by molar-refractivity contribution is 0.219. The normalized spacial score (nSPS) is 38.6. The summed E-state index contributed by atoms with van der Waals surface area (Å²) in [7, 11) is 0. The van der Waals surface area contributed by atoms with Crippen LogP contribution in [-0.2, 0) is 0 Å². The summed E-state index contributed by atoms with van der Waals surface area (Å²) in [5.74, 6) is 2.06. The molecule has 1 fully saturated rings. The highest BCUT2D eigenvalue weighted by Gasteiger charge is 2.20. The molecular weight excluding hydrogens is 86.1 g/mol. The monoisotopic (exact) mass is 101 g/mol. The van der Waals surface area contributed by atoms with Crippen LogP contribution in [-0.4, -0.2) is 0 Å². The van der Waals surface area contributed by atoms with Crippen LogP contribution in [0.2, 0.25) is 0 Å². The van der Waals surface area contributed by atoms with Crippen LogP contribution in [0.4, 0.5) is 0 Å². The highest BCUT2D eigenvalue weighted by atomic mass is 14.3. The summed E-state index contributed by atoms with van der Waals surface area (Å²) in [6, 6.07) is 0. The molecule has 0 aromatic rings. The standard InChI is InChI=1S/C6H12.H3N/c1-5-3-4-6(5)2;/h5-6H,3-4H2,1-2H3;1H3. The number of hydrogen-bond acceptors (Lipinski definition) is 1. The van der Waals surface area contributed by atoms with Gasteiger partial charge in [-0.15, -0.1) is 0 Å². The molecule has 1 aliphatic carbocycles.